The number of hydrogen-bond acceptors (Lipinski definition) is 4. The van der Waals surface area contributed by atoms with Crippen LogP contribution in [-0.4, -0.2) is 8.42 Å². The summed E-state index contributed by atoms with van der Waals surface area (Å²) >= 11 is 7.34. The van der Waals surface area contributed by atoms with Crippen molar-refractivity contribution in [2.45, 2.75) is 18.4 Å². The summed E-state index contributed by atoms with van der Waals surface area (Å²) in [5, 5.41) is 4.22. The first-order valence-corrected chi connectivity index (χ1v) is 8.27. The van der Waals surface area contributed by atoms with Crippen molar-refractivity contribution in [1.29, 1.82) is 0 Å². The fraction of sp³-hybridized carbons (Fsp3) is 0.167. The average Bonchev–Trinajstić information content (AvgIpc) is 2.75. The van der Waals surface area contributed by atoms with E-state index in [4.69, 9.17) is 17.3 Å². The van der Waals surface area contributed by atoms with E-state index in [9.17, 15) is 8.42 Å². The van der Waals surface area contributed by atoms with Crippen molar-refractivity contribution >= 4 is 38.6 Å². The topological polar surface area (TPSA) is 72.2 Å². The Morgan fingerprint density at radius 1 is 1.37 bits per heavy atom. The van der Waals surface area contributed by atoms with Crippen molar-refractivity contribution in [2.24, 2.45) is 0 Å². The molecule has 19 heavy (non-hydrogen) atoms. The second-order valence-electron chi connectivity index (χ2n) is 4.09. The lowest BCUT2D eigenvalue weighted by molar-refractivity contribution is 0.581. The first-order chi connectivity index (χ1) is 8.90. The lowest BCUT2D eigenvalue weighted by Gasteiger charge is -2.09. The number of hydrogen-bond donors (Lipinski definition) is 2. The summed E-state index contributed by atoms with van der Waals surface area (Å²) < 4.78 is 26.9. The average molecular weight is 317 g/mol. The maximum atomic E-state index is 12.2. The number of anilines is 1. The van der Waals surface area contributed by atoms with Gasteiger partial charge in [0.2, 0.25) is 10.0 Å². The lowest BCUT2D eigenvalue weighted by atomic mass is 10.2. The van der Waals surface area contributed by atoms with Crippen LogP contribution in [0.2, 0.25) is 5.02 Å². The number of benzene rings is 1. The predicted octanol–water partition coefficient (Wildman–Crippen LogP) is 2.77. The van der Waals surface area contributed by atoms with Gasteiger partial charge in [0.1, 0.15) is 4.90 Å². The highest BCUT2D eigenvalue weighted by Crippen LogP contribution is 2.23. The number of halogens is 1. The van der Waals surface area contributed by atoms with Crippen molar-refractivity contribution in [1.82, 2.24) is 4.72 Å². The van der Waals surface area contributed by atoms with E-state index in [1.807, 2.05) is 17.7 Å². The van der Waals surface area contributed by atoms with E-state index < -0.39 is 10.0 Å². The Kier molecular flexibility index (Phi) is 4.15. The fourth-order valence-corrected chi connectivity index (χ4v) is 3.81. The maximum Gasteiger partial charge on any atom is 0.242 e. The van der Waals surface area contributed by atoms with Crippen LogP contribution in [0.4, 0.5) is 5.69 Å². The maximum absolute atomic E-state index is 12.2. The summed E-state index contributed by atoms with van der Waals surface area (Å²) in [7, 11) is -3.66. The molecule has 1 heterocycles. The number of nitrogen functional groups attached to an aromatic ring is 1. The first-order valence-electron chi connectivity index (χ1n) is 5.46. The standard InChI is InChI=1S/C12H13ClN2O2S2/c1-8-6-18-7-9(8)5-15-19(16,17)12-4-10(13)2-3-11(12)14/h2-4,6-7,15H,5,14H2,1H3. The van der Waals surface area contributed by atoms with Gasteiger partial charge in [-0.1, -0.05) is 11.6 Å². The van der Waals surface area contributed by atoms with Gasteiger partial charge in [-0.05, 0) is 47.0 Å². The molecule has 0 saturated heterocycles. The number of nitrogens with one attached hydrogen (secondary N) is 1. The minimum Gasteiger partial charge on any atom is -0.398 e. The van der Waals surface area contributed by atoms with Crippen LogP contribution in [0.5, 0.6) is 0 Å². The van der Waals surface area contributed by atoms with E-state index in [0.717, 1.165) is 11.1 Å². The van der Waals surface area contributed by atoms with Crippen molar-refractivity contribution in [3.63, 3.8) is 0 Å². The van der Waals surface area contributed by atoms with E-state index in [0.29, 0.717) is 5.02 Å². The highest BCUT2D eigenvalue weighted by molar-refractivity contribution is 7.89. The molecule has 0 amide bonds. The van der Waals surface area contributed by atoms with E-state index in [2.05, 4.69) is 4.72 Å². The third-order valence-corrected chi connectivity index (χ3v) is 5.28. The molecule has 0 spiro atoms. The Hall–Kier alpha value is -1.08. The number of aryl methyl sites for hydroxylation is 1. The molecule has 0 fully saturated rings. The summed E-state index contributed by atoms with van der Waals surface area (Å²) in [6, 6.07) is 4.38. The quantitative estimate of drug-likeness (QED) is 0.852. The molecule has 0 aliphatic rings. The molecule has 2 rings (SSSR count). The minimum absolute atomic E-state index is 0.00730. The monoisotopic (exact) mass is 316 g/mol. The van der Waals surface area contributed by atoms with Crippen LogP contribution in [0.25, 0.3) is 0 Å². The van der Waals surface area contributed by atoms with Crippen LogP contribution in [0, 0.1) is 6.92 Å². The predicted molar refractivity (Wildman–Crippen MR) is 78.9 cm³/mol. The number of rotatable bonds is 4. The lowest BCUT2D eigenvalue weighted by Crippen LogP contribution is -2.24. The molecule has 3 N–H and O–H groups in total. The molecule has 1 aromatic carbocycles. The summed E-state index contributed by atoms with van der Waals surface area (Å²) in [6.45, 7) is 2.18. The normalized spacial score (nSPS) is 11.7. The molecule has 0 bridgehead atoms. The molecule has 0 aliphatic heterocycles. The third kappa shape index (κ3) is 3.27. The zero-order chi connectivity index (χ0) is 14.0. The van der Waals surface area contributed by atoms with Gasteiger partial charge in [-0.25, -0.2) is 13.1 Å². The molecule has 0 unspecified atom stereocenters. The third-order valence-electron chi connectivity index (χ3n) is 2.68. The SMILES string of the molecule is Cc1cscc1CNS(=O)(=O)c1cc(Cl)ccc1N. The molecule has 7 heteroatoms. The van der Waals surface area contributed by atoms with Crippen LogP contribution in [-0.2, 0) is 16.6 Å². The fourth-order valence-electron chi connectivity index (χ4n) is 1.56. The molecule has 2 aromatic rings. The Bertz CT molecular complexity index is 696. The Balaban J connectivity index is 2.23. The molecule has 0 atom stereocenters. The summed E-state index contributed by atoms with van der Waals surface area (Å²) in [5.74, 6) is 0. The minimum atomic E-state index is -3.66. The molecule has 102 valence electrons. The van der Waals surface area contributed by atoms with Gasteiger partial charge in [-0.2, -0.15) is 11.3 Å². The van der Waals surface area contributed by atoms with Gasteiger partial charge in [0.15, 0.2) is 0 Å². The number of thiophene rings is 1. The smallest absolute Gasteiger partial charge is 0.242 e. The highest BCUT2D eigenvalue weighted by atomic mass is 35.5. The molecule has 0 radical (unpaired) electrons. The van der Waals surface area contributed by atoms with Crippen molar-refractivity contribution < 1.29 is 8.42 Å². The number of sulfonamides is 1. The summed E-state index contributed by atoms with van der Waals surface area (Å²) in [5.41, 5.74) is 7.87. The second-order valence-corrected chi connectivity index (χ2v) is 7.00. The van der Waals surface area contributed by atoms with Crippen LogP contribution in [0.15, 0.2) is 33.9 Å². The van der Waals surface area contributed by atoms with Gasteiger partial charge >= 0.3 is 0 Å². The van der Waals surface area contributed by atoms with Crippen molar-refractivity contribution in [3.8, 4) is 0 Å². The molecule has 4 nitrogen and oxygen atoms in total. The number of nitrogens with two attached hydrogens (primary N) is 1. The van der Waals surface area contributed by atoms with Gasteiger partial charge in [0, 0.05) is 11.6 Å². The van der Waals surface area contributed by atoms with Gasteiger partial charge < -0.3 is 5.73 Å². The van der Waals surface area contributed by atoms with E-state index in [-0.39, 0.29) is 17.1 Å². The zero-order valence-corrected chi connectivity index (χ0v) is 12.6. The molecule has 0 aliphatic carbocycles. The van der Waals surface area contributed by atoms with Crippen LogP contribution >= 0.6 is 22.9 Å². The first kappa shape index (κ1) is 14.3. The van der Waals surface area contributed by atoms with Gasteiger partial charge in [-0.15, -0.1) is 0 Å². The molecule has 0 saturated carbocycles. The Morgan fingerprint density at radius 2 is 2.11 bits per heavy atom. The zero-order valence-electron chi connectivity index (χ0n) is 10.2. The van der Waals surface area contributed by atoms with E-state index >= 15 is 0 Å². The van der Waals surface area contributed by atoms with Crippen molar-refractivity contribution in [2.75, 3.05) is 5.73 Å². The van der Waals surface area contributed by atoms with Gasteiger partial charge in [-0.3, -0.25) is 0 Å². The van der Waals surface area contributed by atoms with Crippen LogP contribution in [0.3, 0.4) is 0 Å². The molecular weight excluding hydrogens is 304 g/mol. The van der Waals surface area contributed by atoms with Gasteiger partial charge in [0.05, 0.1) is 5.69 Å². The Labute approximate surface area is 121 Å². The molecular formula is C12H13ClN2O2S2. The summed E-state index contributed by atoms with van der Waals surface area (Å²) in [6.07, 6.45) is 0. The van der Waals surface area contributed by atoms with Gasteiger partial charge in [0.25, 0.3) is 0 Å². The Morgan fingerprint density at radius 3 is 2.74 bits per heavy atom. The van der Waals surface area contributed by atoms with Crippen molar-refractivity contribution in [3.05, 3.63) is 45.1 Å². The summed E-state index contributed by atoms with van der Waals surface area (Å²) in [4.78, 5) is 0.00730. The van der Waals surface area contributed by atoms with Crippen LogP contribution < -0.4 is 10.5 Å². The van der Waals surface area contributed by atoms with Crippen LogP contribution in [0.1, 0.15) is 11.1 Å². The van der Waals surface area contributed by atoms with E-state index in [1.54, 1.807) is 6.07 Å². The highest BCUT2D eigenvalue weighted by Gasteiger charge is 2.18. The second kappa shape index (κ2) is 5.50. The largest absolute Gasteiger partial charge is 0.398 e. The molecule has 1 aromatic heterocycles. The van der Waals surface area contributed by atoms with E-state index in [1.165, 1.54) is 23.5 Å².